The molecule has 0 spiro atoms. The number of methoxy groups -OCH3 is 1. The summed E-state index contributed by atoms with van der Waals surface area (Å²) in [4.78, 5) is 51.0. The van der Waals surface area contributed by atoms with Gasteiger partial charge in [0.25, 0.3) is 17.7 Å². The van der Waals surface area contributed by atoms with Gasteiger partial charge in [0.15, 0.2) is 18.1 Å². The number of hydrogen-bond acceptors (Lipinski definition) is 6. The van der Waals surface area contributed by atoms with Crippen LogP contribution >= 0.6 is 27.5 Å². The lowest BCUT2D eigenvalue weighted by Gasteiger charge is -2.26. The van der Waals surface area contributed by atoms with E-state index in [0.717, 1.165) is 4.90 Å². The predicted octanol–water partition coefficient (Wildman–Crippen LogP) is 4.93. The van der Waals surface area contributed by atoms with E-state index in [4.69, 9.17) is 21.1 Å². The number of nitrogens with zero attached hydrogens (tertiary/aromatic N) is 1. The molecule has 38 heavy (non-hydrogen) atoms. The van der Waals surface area contributed by atoms with E-state index in [9.17, 15) is 23.6 Å². The van der Waals surface area contributed by atoms with Crippen molar-refractivity contribution in [1.82, 2.24) is 5.32 Å². The first-order valence-corrected chi connectivity index (χ1v) is 12.1. The number of para-hydroxylation sites is 1. The van der Waals surface area contributed by atoms with Crippen molar-refractivity contribution in [3.8, 4) is 11.5 Å². The van der Waals surface area contributed by atoms with E-state index in [0.29, 0.717) is 15.1 Å². The molecule has 2 N–H and O–H groups in total. The molecule has 0 aliphatic carbocycles. The minimum Gasteiger partial charge on any atom is -0.493 e. The zero-order valence-electron chi connectivity index (χ0n) is 19.6. The predicted molar refractivity (Wildman–Crippen MR) is 142 cm³/mol. The zero-order chi connectivity index (χ0) is 27.4. The van der Waals surface area contributed by atoms with Crippen LogP contribution in [0.15, 0.2) is 70.7 Å². The van der Waals surface area contributed by atoms with Crippen LogP contribution in [0.4, 0.5) is 20.6 Å². The van der Waals surface area contributed by atoms with Gasteiger partial charge in [0.2, 0.25) is 0 Å². The number of carbonyl (C=O) groups excluding carboxylic acids is 4. The van der Waals surface area contributed by atoms with Crippen LogP contribution in [0.1, 0.15) is 5.56 Å². The summed E-state index contributed by atoms with van der Waals surface area (Å²) in [7, 11) is 1.37. The molecule has 0 radical (unpaired) electrons. The maximum absolute atomic E-state index is 13.8. The van der Waals surface area contributed by atoms with E-state index in [-0.39, 0.29) is 28.4 Å². The number of amides is 5. The summed E-state index contributed by atoms with van der Waals surface area (Å²) in [5.41, 5.74) is 0.300. The van der Waals surface area contributed by atoms with Crippen LogP contribution in [-0.4, -0.2) is 37.5 Å². The third-order valence-corrected chi connectivity index (χ3v) is 6.09. The van der Waals surface area contributed by atoms with Gasteiger partial charge in [0.05, 0.1) is 23.0 Å². The van der Waals surface area contributed by atoms with Gasteiger partial charge < -0.3 is 14.8 Å². The van der Waals surface area contributed by atoms with Crippen molar-refractivity contribution in [2.24, 2.45) is 0 Å². The number of ether oxygens (including phenoxy) is 2. The van der Waals surface area contributed by atoms with Crippen molar-refractivity contribution in [2.45, 2.75) is 0 Å². The molecule has 12 heteroatoms. The van der Waals surface area contributed by atoms with Crippen LogP contribution in [0.3, 0.4) is 0 Å². The number of carbonyl (C=O) groups is 4. The Morgan fingerprint density at radius 3 is 2.53 bits per heavy atom. The zero-order valence-corrected chi connectivity index (χ0v) is 21.9. The Balaban J connectivity index is 1.56. The van der Waals surface area contributed by atoms with E-state index >= 15 is 0 Å². The van der Waals surface area contributed by atoms with Crippen molar-refractivity contribution in [2.75, 3.05) is 23.9 Å². The summed E-state index contributed by atoms with van der Waals surface area (Å²) in [6.45, 7) is -0.456. The molecule has 1 fully saturated rings. The van der Waals surface area contributed by atoms with Gasteiger partial charge in [-0.2, -0.15) is 0 Å². The number of anilines is 2. The fourth-order valence-corrected chi connectivity index (χ4v) is 4.20. The molecule has 0 bridgehead atoms. The summed E-state index contributed by atoms with van der Waals surface area (Å²) in [5.74, 6) is -2.55. The first kappa shape index (κ1) is 26.8. The normalized spacial score (nSPS) is 14.4. The van der Waals surface area contributed by atoms with Crippen LogP contribution in [0, 0.1) is 5.82 Å². The number of benzene rings is 3. The Labute approximate surface area is 229 Å². The number of urea groups is 1. The molecule has 3 aromatic rings. The third kappa shape index (κ3) is 5.84. The number of nitrogens with one attached hydrogen (secondary N) is 2. The summed E-state index contributed by atoms with van der Waals surface area (Å²) >= 11 is 9.23. The Bertz CT molecular complexity index is 1480. The monoisotopic (exact) mass is 601 g/mol. The van der Waals surface area contributed by atoms with Crippen LogP contribution in [-0.2, 0) is 14.4 Å². The molecule has 1 saturated heterocycles. The molecule has 5 amide bonds. The van der Waals surface area contributed by atoms with E-state index < -0.39 is 36.2 Å². The number of imide groups is 2. The minimum atomic E-state index is -0.893. The highest BCUT2D eigenvalue weighted by Crippen LogP contribution is 2.37. The fraction of sp³-hybridized carbons (Fsp3) is 0.0769. The molecule has 0 aromatic heterocycles. The van der Waals surface area contributed by atoms with Crippen molar-refractivity contribution < 1.29 is 33.0 Å². The summed E-state index contributed by atoms with van der Waals surface area (Å²) in [6, 6.07) is 13.8. The standard InChI is InChI=1S/C26H18BrClFN3O6/c1-37-21-12-14(11-18(27)23(21)38-13-22(33)30-20-5-3-2-4-19(20)29)10-17-24(34)31-26(36)32(25(17)35)16-8-6-15(28)7-9-16/h2-12H,13H2,1H3,(H,30,33)(H,31,34,36)/b17-10-. The second-order valence-corrected chi connectivity index (χ2v) is 9.08. The topological polar surface area (TPSA) is 114 Å². The Morgan fingerprint density at radius 2 is 1.84 bits per heavy atom. The molecule has 4 rings (SSSR count). The number of halogens is 3. The highest BCUT2D eigenvalue weighted by atomic mass is 79.9. The van der Waals surface area contributed by atoms with Crippen molar-refractivity contribution >= 4 is 68.7 Å². The Morgan fingerprint density at radius 1 is 1.13 bits per heavy atom. The second kappa shape index (κ2) is 11.4. The van der Waals surface area contributed by atoms with Gasteiger partial charge in [-0.1, -0.05) is 23.7 Å². The average Bonchev–Trinajstić information content (AvgIpc) is 2.88. The van der Waals surface area contributed by atoms with Crippen molar-refractivity contribution in [3.05, 3.63) is 87.1 Å². The fourth-order valence-electron chi connectivity index (χ4n) is 3.50. The second-order valence-electron chi connectivity index (χ2n) is 7.79. The van der Waals surface area contributed by atoms with E-state index in [1.54, 1.807) is 6.07 Å². The lowest BCUT2D eigenvalue weighted by molar-refractivity contribution is -0.122. The molecule has 1 aliphatic rings. The van der Waals surface area contributed by atoms with Crippen LogP contribution in [0.25, 0.3) is 6.08 Å². The maximum Gasteiger partial charge on any atom is 0.335 e. The lowest BCUT2D eigenvalue weighted by atomic mass is 10.1. The van der Waals surface area contributed by atoms with Gasteiger partial charge in [0, 0.05) is 5.02 Å². The van der Waals surface area contributed by atoms with E-state index in [1.807, 2.05) is 0 Å². The molecule has 194 valence electrons. The average molecular weight is 603 g/mol. The molecular formula is C26H18BrClFN3O6. The van der Waals surface area contributed by atoms with Crippen LogP contribution in [0.2, 0.25) is 5.02 Å². The molecule has 1 aliphatic heterocycles. The van der Waals surface area contributed by atoms with Crippen LogP contribution in [0.5, 0.6) is 11.5 Å². The number of rotatable bonds is 7. The van der Waals surface area contributed by atoms with E-state index in [1.165, 1.54) is 67.8 Å². The number of hydrogen-bond donors (Lipinski definition) is 2. The van der Waals surface area contributed by atoms with Crippen LogP contribution < -0.4 is 25.0 Å². The summed E-state index contributed by atoms with van der Waals surface area (Å²) in [6.07, 6.45) is 1.29. The molecule has 1 heterocycles. The van der Waals surface area contributed by atoms with Gasteiger partial charge in [-0.15, -0.1) is 0 Å². The lowest BCUT2D eigenvalue weighted by Crippen LogP contribution is -2.54. The van der Waals surface area contributed by atoms with Gasteiger partial charge in [-0.3, -0.25) is 19.7 Å². The highest BCUT2D eigenvalue weighted by molar-refractivity contribution is 9.10. The quantitative estimate of drug-likeness (QED) is 0.293. The molecular weight excluding hydrogens is 585 g/mol. The summed E-state index contributed by atoms with van der Waals surface area (Å²) in [5, 5.41) is 4.96. The number of barbiturate groups is 1. The molecule has 0 saturated carbocycles. The molecule has 0 unspecified atom stereocenters. The SMILES string of the molecule is COc1cc(/C=C2/C(=O)NC(=O)N(c3ccc(Cl)cc3)C2=O)cc(Br)c1OCC(=O)Nc1ccccc1F. The summed E-state index contributed by atoms with van der Waals surface area (Å²) < 4.78 is 25.1. The molecule has 9 nitrogen and oxygen atoms in total. The van der Waals surface area contributed by atoms with Crippen molar-refractivity contribution in [3.63, 3.8) is 0 Å². The molecule has 0 atom stereocenters. The van der Waals surface area contributed by atoms with Gasteiger partial charge in [-0.05, 0) is 76.1 Å². The Kier molecular flexibility index (Phi) is 8.08. The van der Waals surface area contributed by atoms with Gasteiger partial charge in [0.1, 0.15) is 11.4 Å². The van der Waals surface area contributed by atoms with E-state index in [2.05, 4.69) is 26.6 Å². The Hall–Kier alpha value is -4.22. The van der Waals surface area contributed by atoms with Crippen molar-refractivity contribution in [1.29, 1.82) is 0 Å². The maximum atomic E-state index is 13.8. The molecule has 3 aromatic carbocycles. The highest BCUT2D eigenvalue weighted by Gasteiger charge is 2.36. The first-order chi connectivity index (χ1) is 18.2. The van der Waals surface area contributed by atoms with Gasteiger partial charge >= 0.3 is 6.03 Å². The minimum absolute atomic E-state index is 0.00987. The smallest absolute Gasteiger partial charge is 0.335 e. The largest absolute Gasteiger partial charge is 0.493 e. The third-order valence-electron chi connectivity index (χ3n) is 5.24. The first-order valence-electron chi connectivity index (χ1n) is 10.9. The van der Waals surface area contributed by atoms with Gasteiger partial charge in [-0.25, -0.2) is 14.1 Å².